The highest BCUT2D eigenvalue weighted by Crippen LogP contribution is 2.26. The fourth-order valence-electron chi connectivity index (χ4n) is 1.91. The fourth-order valence-corrected chi connectivity index (χ4v) is 2.63. The summed E-state index contributed by atoms with van der Waals surface area (Å²) in [4.78, 5) is 12.1. The molecule has 0 bridgehead atoms. The van der Waals surface area contributed by atoms with Crippen LogP contribution in [0.25, 0.3) is 10.2 Å². The highest BCUT2D eigenvalue weighted by Gasteiger charge is 2.14. The molecule has 0 radical (unpaired) electrons. The van der Waals surface area contributed by atoms with Gasteiger partial charge in [0.25, 0.3) is 0 Å². The summed E-state index contributed by atoms with van der Waals surface area (Å²) in [5.41, 5.74) is 0. The maximum atomic E-state index is 4.40. The molecule has 17 heavy (non-hydrogen) atoms. The van der Waals surface area contributed by atoms with Crippen molar-refractivity contribution in [2.24, 2.45) is 0 Å². The zero-order valence-corrected chi connectivity index (χ0v) is 11.6. The molecule has 0 saturated carbocycles. The summed E-state index contributed by atoms with van der Waals surface area (Å²) in [6, 6.07) is 2.11. The highest BCUT2D eigenvalue weighted by molar-refractivity contribution is 7.16. The Labute approximate surface area is 116 Å². The van der Waals surface area contributed by atoms with Gasteiger partial charge >= 0.3 is 0 Å². The number of hydrogen-bond acceptors (Lipinski definition) is 5. The van der Waals surface area contributed by atoms with Gasteiger partial charge in [-0.1, -0.05) is 0 Å². The monoisotopic (exact) mass is 292 g/mol. The fraction of sp³-hybridized carbons (Fsp3) is 0.400. The SMILES string of the molecule is Cl.Cl.c1nc(N2CCNCC2)c2ccsc2n1. The van der Waals surface area contributed by atoms with E-state index in [1.54, 1.807) is 17.7 Å². The van der Waals surface area contributed by atoms with E-state index in [9.17, 15) is 0 Å². The quantitative estimate of drug-likeness (QED) is 0.872. The number of thiophene rings is 1. The van der Waals surface area contributed by atoms with E-state index in [-0.39, 0.29) is 24.8 Å². The lowest BCUT2D eigenvalue weighted by atomic mass is 10.3. The second-order valence-electron chi connectivity index (χ2n) is 3.57. The van der Waals surface area contributed by atoms with Gasteiger partial charge in [0.05, 0.1) is 5.39 Å². The standard InChI is InChI=1S/C10H12N4S.2ClH/c1-6-15-10-8(1)9(12-7-13-10)14-4-2-11-3-5-14;;/h1,6-7,11H,2-5H2;2*1H. The number of halogens is 2. The molecule has 0 amide bonds. The Morgan fingerprint density at radius 1 is 1.18 bits per heavy atom. The molecule has 3 heterocycles. The molecule has 1 N–H and O–H groups in total. The van der Waals surface area contributed by atoms with E-state index < -0.39 is 0 Å². The van der Waals surface area contributed by atoms with Crippen LogP contribution >= 0.6 is 36.2 Å². The largest absolute Gasteiger partial charge is 0.353 e. The zero-order valence-electron chi connectivity index (χ0n) is 9.13. The number of nitrogens with zero attached hydrogens (tertiary/aromatic N) is 3. The van der Waals surface area contributed by atoms with Crippen molar-refractivity contribution in [3.8, 4) is 0 Å². The van der Waals surface area contributed by atoms with Crippen molar-refractivity contribution >= 4 is 52.2 Å². The van der Waals surface area contributed by atoms with Gasteiger partial charge < -0.3 is 10.2 Å². The van der Waals surface area contributed by atoms with Gasteiger partial charge in [0, 0.05) is 26.2 Å². The molecule has 1 aliphatic rings. The van der Waals surface area contributed by atoms with Crippen molar-refractivity contribution in [1.29, 1.82) is 0 Å². The maximum Gasteiger partial charge on any atom is 0.140 e. The summed E-state index contributed by atoms with van der Waals surface area (Å²) in [6.45, 7) is 4.13. The minimum absolute atomic E-state index is 0. The predicted molar refractivity (Wildman–Crippen MR) is 77.0 cm³/mol. The number of aromatic nitrogens is 2. The normalized spacial score (nSPS) is 15.2. The van der Waals surface area contributed by atoms with Gasteiger partial charge in [-0.25, -0.2) is 9.97 Å². The van der Waals surface area contributed by atoms with Gasteiger partial charge in [-0.15, -0.1) is 36.2 Å². The molecule has 1 fully saturated rings. The third-order valence-electron chi connectivity index (χ3n) is 2.66. The van der Waals surface area contributed by atoms with Crippen molar-refractivity contribution in [2.45, 2.75) is 0 Å². The van der Waals surface area contributed by atoms with Gasteiger partial charge in [0.2, 0.25) is 0 Å². The Kier molecular flexibility index (Phi) is 5.39. The van der Waals surface area contributed by atoms with Crippen LogP contribution in [0.3, 0.4) is 0 Å². The van der Waals surface area contributed by atoms with Gasteiger partial charge in [-0.2, -0.15) is 0 Å². The first-order valence-electron chi connectivity index (χ1n) is 5.09. The number of anilines is 1. The lowest BCUT2D eigenvalue weighted by Crippen LogP contribution is -2.43. The topological polar surface area (TPSA) is 41.1 Å². The van der Waals surface area contributed by atoms with E-state index in [1.807, 2.05) is 0 Å². The van der Waals surface area contributed by atoms with E-state index in [0.717, 1.165) is 36.8 Å². The Morgan fingerprint density at radius 2 is 1.94 bits per heavy atom. The molecule has 0 aromatic carbocycles. The van der Waals surface area contributed by atoms with Gasteiger partial charge in [-0.3, -0.25) is 0 Å². The highest BCUT2D eigenvalue weighted by atomic mass is 35.5. The molecular weight excluding hydrogens is 279 g/mol. The summed E-state index contributed by atoms with van der Waals surface area (Å²) in [7, 11) is 0. The van der Waals surface area contributed by atoms with E-state index in [2.05, 4.69) is 31.6 Å². The van der Waals surface area contributed by atoms with Crippen molar-refractivity contribution in [1.82, 2.24) is 15.3 Å². The smallest absolute Gasteiger partial charge is 0.140 e. The van der Waals surface area contributed by atoms with Crippen molar-refractivity contribution in [2.75, 3.05) is 31.1 Å². The lowest BCUT2D eigenvalue weighted by molar-refractivity contribution is 0.586. The van der Waals surface area contributed by atoms with Gasteiger partial charge in [0.15, 0.2) is 0 Å². The van der Waals surface area contributed by atoms with Crippen LogP contribution in [0.1, 0.15) is 0 Å². The summed E-state index contributed by atoms with van der Waals surface area (Å²) in [5.74, 6) is 1.09. The molecular formula is C10H14Cl2N4S. The van der Waals surface area contributed by atoms with Crippen LogP contribution in [0.2, 0.25) is 0 Å². The molecule has 0 atom stereocenters. The van der Waals surface area contributed by atoms with Crippen molar-refractivity contribution < 1.29 is 0 Å². The third-order valence-corrected chi connectivity index (χ3v) is 3.48. The van der Waals surface area contributed by atoms with E-state index >= 15 is 0 Å². The average Bonchev–Trinajstić information content (AvgIpc) is 2.78. The first kappa shape index (κ1) is 14.4. The van der Waals surface area contributed by atoms with Crippen LogP contribution in [0, 0.1) is 0 Å². The summed E-state index contributed by atoms with van der Waals surface area (Å²) >= 11 is 1.67. The second-order valence-corrected chi connectivity index (χ2v) is 4.47. The first-order chi connectivity index (χ1) is 7.45. The predicted octanol–water partition coefficient (Wildman–Crippen LogP) is 1.94. The molecule has 94 valence electrons. The molecule has 3 rings (SSSR count). The Morgan fingerprint density at radius 3 is 2.71 bits per heavy atom. The van der Waals surface area contributed by atoms with Crippen LogP contribution in [-0.4, -0.2) is 36.1 Å². The number of fused-ring (bicyclic) bond motifs is 1. The molecule has 0 aliphatic carbocycles. The maximum absolute atomic E-state index is 4.40. The summed E-state index contributed by atoms with van der Waals surface area (Å²) in [5, 5.41) is 6.60. The number of nitrogens with one attached hydrogen (secondary N) is 1. The summed E-state index contributed by atoms with van der Waals surface area (Å²) in [6.07, 6.45) is 1.66. The molecule has 2 aromatic heterocycles. The number of piperazine rings is 1. The molecule has 2 aromatic rings. The molecule has 7 heteroatoms. The first-order valence-corrected chi connectivity index (χ1v) is 5.97. The van der Waals surface area contributed by atoms with E-state index in [4.69, 9.17) is 0 Å². The van der Waals surface area contributed by atoms with E-state index in [1.165, 1.54) is 5.39 Å². The third kappa shape index (κ3) is 2.80. The van der Waals surface area contributed by atoms with Crippen LogP contribution in [-0.2, 0) is 0 Å². The van der Waals surface area contributed by atoms with Gasteiger partial charge in [0.1, 0.15) is 17.0 Å². The molecule has 1 saturated heterocycles. The molecule has 1 aliphatic heterocycles. The molecule has 0 spiro atoms. The van der Waals surface area contributed by atoms with Crippen molar-refractivity contribution in [3.05, 3.63) is 17.8 Å². The van der Waals surface area contributed by atoms with E-state index in [0.29, 0.717) is 0 Å². The van der Waals surface area contributed by atoms with Gasteiger partial charge in [-0.05, 0) is 11.4 Å². The van der Waals surface area contributed by atoms with Crippen LogP contribution in [0.15, 0.2) is 17.8 Å². The molecule has 0 unspecified atom stereocenters. The Bertz CT molecular complexity index is 470. The number of rotatable bonds is 1. The summed E-state index contributed by atoms with van der Waals surface area (Å²) < 4.78 is 0. The lowest BCUT2D eigenvalue weighted by Gasteiger charge is -2.28. The second kappa shape index (κ2) is 6.35. The van der Waals surface area contributed by atoms with Crippen molar-refractivity contribution in [3.63, 3.8) is 0 Å². The minimum atomic E-state index is 0. The molecule has 4 nitrogen and oxygen atoms in total. The Balaban J connectivity index is 0.000000722. The number of hydrogen-bond donors (Lipinski definition) is 1. The zero-order chi connectivity index (χ0) is 10.1. The average molecular weight is 293 g/mol. The minimum Gasteiger partial charge on any atom is -0.353 e. The van der Waals surface area contributed by atoms with Crippen LogP contribution in [0.4, 0.5) is 5.82 Å². The Hall–Kier alpha value is -0.620. The van der Waals surface area contributed by atoms with Crippen LogP contribution in [0.5, 0.6) is 0 Å². The van der Waals surface area contributed by atoms with Crippen LogP contribution < -0.4 is 10.2 Å².